The summed E-state index contributed by atoms with van der Waals surface area (Å²) in [6, 6.07) is 0. The van der Waals surface area contributed by atoms with E-state index < -0.39 is 0 Å². The molecule has 0 saturated heterocycles. The van der Waals surface area contributed by atoms with Crippen LogP contribution >= 0.6 is 0 Å². The van der Waals surface area contributed by atoms with Gasteiger partial charge in [0.05, 0.1) is 0 Å². The Labute approximate surface area is 78.8 Å². The topological polar surface area (TPSA) is 0 Å². The summed E-state index contributed by atoms with van der Waals surface area (Å²) in [5, 5.41) is 0. The van der Waals surface area contributed by atoms with Crippen molar-refractivity contribution in [1.82, 2.24) is 0 Å². The molecule has 0 rings (SSSR count). The van der Waals surface area contributed by atoms with Crippen molar-refractivity contribution in [3.63, 3.8) is 0 Å². The van der Waals surface area contributed by atoms with Crippen molar-refractivity contribution in [3.05, 3.63) is 6.92 Å². The van der Waals surface area contributed by atoms with Gasteiger partial charge in [-0.15, -0.1) is 0 Å². The Morgan fingerprint density at radius 2 is 1.67 bits per heavy atom. The minimum absolute atomic E-state index is 0.509. The molecule has 0 aromatic rings. The van der Waals surface area contributed by atoms with Gasteiger partial charge in [-0.05, 0) is 23.7 Å². The summed E-state index contributed by atoms with van der Waals surface area (Å²) in [7, 11) is 0. The second-order valence-corrected chi connectivity index (χ2v) is 4.93. The van der Waals surface area contributed by atoms with Crippen LogP contribution in [-0.4, -0.2) is 0 Å². The van der Waals surface area contributed by atoms with E-state index in [2.05, 4.69) is 41.5 Å². The first-order valence-corrected chi connectivity index (χ1v) is 5.23. The lowest BCUT2D eigenvalue weighted by atomic mass is 9.75. The van der Waals surface area contributed by atoms with E-state index >= 15 is 0 Å². The summed E-state index contributed by atoms with van der Waals surface area (Å²) in [5.74, 6) is 1.44. The lowest BCUT2D eigenvalue weighted by Gasteiger charge is -2.31. The maximum atomic E-state index is 4.02. The van der Waals surface area contributed by atoms with Crippen molar-refractivity contribution in [1.29, 1.82) is 0 Å². The van der Waals surface area contributed by atoms with Gasteiger partial charge in [0, 0.05) is 0 Å². The lowest BCUT2D eigenvalue weighted by molar-refractivity contribution is 0.201. The first-order valence-electron chi connectivity index (χ1n) is 5.23. The van der Waals surface area contributed by atoms with Gasteiger partial charge in [-0.3, -0.25) is 0 Å². The highest BCUT2D eigenvalue weighted by molar-refractivity contribution is 4.74. The van der Waals surface area contributed by atoms with Crippen LogP contribution in [0, 0.1) is 24.2 Å². The molecule has 0 heterocycles. The van der Waals surface area contributed by atoms with Gasteiger partial charge in [0.1, 0.15) is 0 Å². The van der Waals surface area contributed by atoms with Crippen LogP contribution in [0.4, 0.5) is 0 Å². The summed E-state index contributed by atoms with van der Waals surface area (Å²) in [6.45, 7) is 15.6. The Balaban J connectivity index is 3.78. The quantitative estimate of drug-likeness (QED) is 0.575. The minimum Gasteiger partial charge on any atom is -0.0649 e. The molecular weight excluding hydrogens is 144 g/mol. The van der Waals surface area contributed by atoms with E-state index in [1.54, 1.807) is 0 Å². The van der Waals surface area contributed by atoms with Crippen LogP contribution in [-0.2, 0) is 0 Å². The van der Waals surface area contributed by atoms with Gasteiger partial charge in [-0.2, -0.15) is 0 Å². The molecule has 0 spiro atoms. The Morgan fingerprint density at radius 1 is 1.17 bits per heavy atom. The summed E-state index contributed by atoms with van der Waals surface area (Å²) < 4.78 is 0. The molecular formula is C12H25. The molecule has 12 heavy (non-hydrogen) atoms. The standard InChI is InChI=1S/C12H25/c1-7-12(5,6)11(4)9-8-10(2)3/h10-11H,2,7-9H2,1,3-6H3. The maximum Gasteiger partial charge on any atom is -0.0331 e. The van der Waals surface area contributed by atoms with Crippen molar-refractivity contribution in [3.8, 4) is 0 Å². The third-order valence-electron chi connectivity index (χ3n) is 3.34. The van der Waals surface area contributed by atoms with E-state index in [1.807, 2.05) is 0 Å². The average Bonchev–Trinajstić information content (AvgIpc) is 2.00. The Bertz CT molecular complexity index is 111. The van der Waals surface area contributed by atoms with Gasteiger partial charge in [0.15, 0.2) is 0 Å². The van der Waals surface area contributed by atoms with Gasteiger partial charge in [-0.25, -0.2) is 0 Å². The molecule has 0 fully saturated rings. The third kappa shape index (κ3) is 4.13. The van der Waals surface area contributed by atoms with Crippen molar-refractivity contribution in [2.24, 2.45) is 17.3 Å². The second kappa shape index (κ2) is 4.89. The number of rotatable bonds is 5. The van der Waals surface area contributed by atoms with Crippen molar-refractivity contribution >= 4 is 0 Å². The molecule has 0 bridgehead atoms. The first kappa shape index (κ1) is 12.0. The van der Waals surface area contributed by atoms with Crippen LogP contribution in [0.3, 0.4) is 0 Å². The number of hydrogen-bond donors (Lipinski definition) is 0. The van der Waals surface area contributed by atoms with E-state index in [-0.39, 0.29) is 0 Å². The van der Waals surface area contributed by atoms with Gasteiger partial charge in [0.2, 0.25) is 0 Å². The summed E-state index contributed by atoms with van der Waals surface area (Å²) >= 11 is 0. The van der Waals surface area contributed by atoms with Gasteiger partial charge >= 0.3 is 0 Å². The summed E-state index contributed by atoms with van der Waals surface area (Å²) in [4.78, 5) is 0. The molecule has 2 unspecified atom stereocenters. The van der Waals surface area contributed by atoms with Gasteiger partial charge < -0.3 is 0 Å². The molecule has 0 heteroatoms. The largest absolute Gasteiger partial charge is 0.0649 e. The van der Waals surface area contributed by atoms with Crippen LogP contribution in [0.5, 0.6) is 0 Å². The predicted octanol–water partition coefficient (Wildman–Crippen LogP) is 4.31. The molecule has 0 aromatic carbocycles. The van der Waals surface area contributed by atoms with Crippen LogP contribution in [0.25, 0.3) is 0 Å². The molecule has 0 aliphatic carbocycles. The third-order valence-corrected chi connectivity index (χ3v) is 3.34. The van der Waals surface area contributed by atoms with Gasteiger partial charge in [0.25, 0.3) is 0 Å². The van der Waals surface area contributed by atoms with Crippen molar-refractivity contribution in [2.75, 3.05) is 0 Å². The monoisotopic (exact) mass is 169 g/mol. The molecule has 73 valence electrons. The maximum absolute atomic E-state index is 4.02. The molecule has 0 nitrogen and oxygen atoms in total. The normalized spacial score (nSPS) is 15.2. The predicted molar refractivity (Wildman–Crippen MR) is 57.0 cm³/mol. The smallest absolute Gasteiger partial charge is 0.0331 e. The molecule has 0 aliphatic rings. The average molecular weight is 169 g/mol. The highest BCUT2D eigenvalue weighted by Gasteiger charge is 2.23. The zero-order chi connectivity index (χ0) is 9.78. The highest BCUT2D eigenvalue weighted by atomic mass is 14.3. The summed E-state index contributed by atoms with van der Waals surface area (Å²) in [6.07, 6.45) is 3.87. The zero-order valence-electron chi connectivity index (χ0n) is 9.48. The van der Waals surface area contributed by atoms with E-state index in [0.717, 1.165) is 5.92 Å². The first-order chi connectivity index (χ1) is 5.40. The van der Waals surface area contributed by atoms with Crippen molar-refractivity contribution < 1.29 is 0 Å². The molecule has 2 atom stereocenters. The van der Waals surface area contributed by atoms with Gasteiger partial charge in [-0.1, -0.05) is 54.4 Å². The molecule has 0 saturated carbocycles. The molecule has 0 aromatic heterocycles. The SMILES string of the molecule is [CH2]C(C)CCC(C)C(C)(C)CC. The van der Waals surface area contributed by atoms with Crippen LogP contribution < -0.4 is 0 Å². The summed E-state index contributed by atoms with van der Waals surface area (Å²) in [5.41, 5.74) is 0.509. The second-order valence-electron chi connectivity index (χ2n) is 4.93. The Kier molecular flexibility index (Phi) is 4.89. The fourth-order valence-electron chi connectivity index (χ4n) is 1.27. The molecule has 0 N–H and O–H groups in total. The van der Waals surface area contributed by atoms with Crippen LogP contribution in [0.1, 0.15) is 53.9 Å². The molecule has 0 aliphatic heterocycles. The fourth-order valence-corrected chi connectivity index (χ4v) is 1.27. The zero-order valence-corrected chi connectivity index (χ0v) is 9.48. The molecule has 0 amide bonds. The Morgan fingerprint density at radius 3 is 2.00 bits per heavy atom. The van der Waals surface area contributed by atoms with Crippen LogP contribution in [0.2, 0.25) is 0 Å². The fraction of sp³-hybridized carbons (Fsp3) is 0.917. The van der Waals surface area contributed by atoms with E-state index in [1.165, 1.54) is 19.3 Å². The lowest BCUT2D eigenvalue weighted by Crippen LogP contribution is -2.20. The van der Waals surface area contributed by atoms with E-state index in [9.17, 15) is 0 Å². The van der Waals surface area contributed by atoms with Crippen molar-refractivity contribution in [2.45, 2.75) is 53.9 Å². The van der Waals surface area contributed by atoms with E-state index in [4.69, 9.17) is 0 Å². The Hall–Kier alpha value is 0. The van der Waals surface area contributed by atoms with E-state index in [0.29, 0.717) is 11.3 Å². The van der Waals surface area contributed by atoms with Crippen LogP contribution in [0.15, 0.2) is 0 Å². The highest BCUT2D eigenvalue weighted by Crippen LogP contribution is 2.33. The molecule has 1 radical (unpaired) electrons. The minimum atomic E-state index is 0.509. The number of hydrogen-bond acceptors (Lipinski definition) is 0.